The van der Waals surface area contributed by atoms with Gasteiger partial charge in [0, 0.05) is 11.1 Å². The third kappa shape index (κ3) is 12.0. The molecule has 0 radical (unpaired) electrons. The molecule has 0 saturated carbocycles. The van der Waals surface area contributed by atoms with Crippen LogP contribution in [0.15, 0.2) is 66.7 Å². The van der Waals surface area contributed by atoms with Crippen molar-refractivity contribution in [3.05, 3.63) is 94.5 Å². The van der Waals surface area contributed by atoms with E-state index >= 15 is 0 Å². The Morgan fingerprint density at radius 3 is 1.17 bits per heavy atom. The number of ether oxygens (including phenoxy) is 5. The minimum Gasteiger partial charge on any atom is -0.490 e. The first-order chi connectivity index (χ1) is 24.7. The number of carboxylic acid groups (broad SMARTS) is 1. The molecule has 0 aliphatic carbocycles. The van der Waals surface area contributed by atoms with Gasteiger partial charge in [-0.3, -0.25) is 14.4 Å². The van der Waals surface area contributed by atoms with Crippen molar-refractivity contribution in [3.8, 4) is 11.5 Å². The molecule has 4 N–H and O–H groups in total. The fourth-order valence-electron chi connectivity index (χ4n) is 4.33. The predicted molar refractivity (Wildman–Crippen MR) is 185 cm³/mol. The van der Waals surface area contributed by atoms with E-state index in [0.717, 1.165) is 25.1 Å². The Balaban J connectivity index is 1.67. The second kappa shape index (κ2) is 17.7. The van der Waals surface area contributed by atoms with E-state index in [1.165, 1.54) is 76.2 Å². The minimum atomic E-state index is -1.81. The number of aliphatic hydroxyl groups excluding tert-OH is 1. The fraction of sp³-hybridized carbons (Fsp3) is 0.368. The lowest BCUT2D eigenvalue weighted by molar-refractivity contribution is -0.153. The zero-order chi connectivity index (χ0) is 39.6. The van der Waals surface area contributed by atoms with Gasteiger partial charge in [0.2, 0.25) is 0 Å². The quantitative estimate of drug-likeness (QED) is 0.0598. The first-order valence-corrected chi connectivity index (χ1v) is 16.3. The molecule has 1 atom stereocenters. The number of carboxylic acids is 1. The molecule has 53 heavy (non-hydrogen) atoms. The molecule has 0 aromatic heterocycles. The number of esters is 3. The summed E-state index contributed by atoms with van der Waals surface area (Å²) in [5.74, 6) is -4.68. The van der Waals surface area contributed by atoms with Crippen LogP contribution in [-0.4, -0.2) is 107 Å². The summed E-state index contributed by atoms with van der Waals surface area (Å²) in [6.07, 6.45) is 0. The van der Waals surface area contributed by atoms with Gasteiger partial charge < -0.3 is 44.1 Å². The maximum Gasteiger partial charge on any atom is 0.338 e. The molecule has 15 nitrogen and oxygen atoms in total. The van der Waals surface area contributed by atoms with E-state index in [0.29, 0.717) is 11.5 Å². The third-order valence-electron chi connectivity index (χ3n) is 7.54. The van der Waals surface area contributed by atoms with Gasteiger partial charge in [-0.05, 0) is 101 Å². The Bertz CT molecular complexity index is 1690. The standard InChI is InChI=1S/C38H42O15/c1-36(2,47)30(40)23-6-10-28(11-7-23)49-14-16-51-32(42)25-18-26(20-27(19-25)34(44)53-22-38(5,21-39)35(45)46)33(43)52-17-15-50-29-12-8-24(9-13-29)31(41)37(3,4)48/h6-13,18-20,39,47-48H,14-17,21-22H2,1-5H3,(H,45,46). The van der Waals surface area contributed by atoms with Gasteiger partial charge in [0.1, 0.15) is 61.2 Å². The number of ketones is 2. The van der Waals surface area contributed by atoms with Gasteiger partial charge in [-0.15, -0.1) is 0 Å². The predicted octanol–water partition coefficient (Wildman–Crippen LogP) is 3.31. The Labute approximate surface area is 305 Å². The van der Waals surface area contributed by atoms with Gasteiger partial charge in [-0.1, -0.05) is 0 Å². The molecule has 0 spiro atoms. The van der Waals surface area contributed by atoms with Gasteiger partial charge in [0.15, 0.2) is 11.6 Å². The highest BCUT2D eigenvalue weighted by Gasteiger charge is 2.35. The first kappa shape index (κ1) is 41.8. The molecule has 3 rings (SSSR count). The zero-order valence-electron chi connectivity index (χ0n) is 29.9. The molecule has 284 valence electrons. The van der Waals surface area contributed by atoms with E-state index in [2.05, 4.69) is 0 Å². The largest absolute Gasteiger partial charge is 0.490 e. The highest BCUT2D eigenvalue weighted by molar-refractivity contribution is 6.02. The van der Waals surface area contributed by atoms with Crippen LogP contribution in [0.4, 0.5) is 0 Å². The third-order valence-corrected chi connectivity index (χ3v) is 7.54. The van der Waals surface area contributed by atoms with Crippen LogP contribution in [0, 0.1) is 5.41 Å². The summed E-state index contributed by atoms with van der Waals surface area (Å²) in [6.45, 7) is 4.32. The number of Topliss-reactive ketones (excluding diaryl/α,β-unsaturated/α-hetero) is 2. The Morgan fingerprint density at radius 1 is 0.528 bits per heavy atom. The Kier molecular flexibility index (Phi) is 14.0. The van der Waals surface area contributed by atoms with Crippen LogP contribution < -0.4 is 9.47 Å². The molecule has 3 aromatic carbocycles. The lowest BCUT2D eigenvalue weighted by atomic mass is 9.93. The van der Waals surface area contributed by atoms with Crippen molar-refractivity contribution in [2.24, 2.45) is 5.41 Å². The maximum absolute atomic E-state index is 13.0. The van der Waals surface area contributed by atoms with Crippen molar-refractivity contribution in [3.63, 3.8) is 0 Å². The number of benzene rings is 3. The Hall–Kier alpha value is -5.64. The molecule has 0 fully saturated rings. The maximum atomic E-state index is 13.0. The number of carbonyl (C=O) groups excluding carboxylic acids is 5. The van der Waals surface area contributed by atoms with E-state index in [9.17, 15) is 49.2 Å². The summed E-state index contributed by atoms with van der Waals surface area (Å²) in [7, 11) is 0. The second-order valence-corrected chi connectivity index (χ2v) is 13.2. The van der Waals surface area contributed by atoms with Crippen molar-refractivity contribution in [1.29, 1.82) is 0 Å². The van der Waals surface area contributed by atoms with E-state index < -0.39 is 65.3 Å². The monoisotopic (exact) mass is 738 g/mol. The summed E-state index contributed by atoms with van der Waals surface area (Å²) in [6, 6.07) is 15.2. The van der Waals surface area contributed by atoms with Gasteiger partial charge in [0.05, 0.1) is 23.3 Å². The average Bonchev–Trinajstić information content (AvgIpc) is 3.12. The molecule has 1 unspecified atom stereocenters. The molecule has 0 bridgehead atoms. The number of hydrogen-bond acceptors (Lipinski definition) is 14. The van der Waals surface area contributed by atoms with Gasteiger partial charge in [-0.2, -0.15) is 0 Å². The number of aliphatic hydroxyl groups is 3. The summed E-state index contributed by atoms with van der Waals surface area (Å²) in [5.41, 5.74) is -5.18. The van der Waals surface area contributed by atoms with Crippen LogP contribution >= 0.6 is 0 Å². The number of rotatable bonds is 19. The minimum absolute atomic E-state index is 0.117. The number of aliphatic carboxylic acids is 1. The highest BCUT2D eigenvalue weighted by Crippen LogP contribution is 2.21. The van der Waals surface area contributed by atoms with Gasteiger partial charge >= 0.3 is 23.9 Å². The zero-order valence-corrected chi connectivity index (χ0v) is 29.9. The molecule has 0 saturated heterocycles. The van der Waals surface area contributed by atoms with Crippen LogP contribution in [0.1, 0.15) is 86.4 Å². The molecule has 0 aliphatic heterocycles. The summed E-state index contributed by atoms with van der Waals surface area (Å²) in [4.78, 5) is 74.9. The Morgan fingerprint density at radius 2 is 0.868 bits per heavy atom. The van der Waals surface area contributed by atoms with Crippen LogP contribution in [-0.2, 0) is 19.0 Å². The number of hydrogen-bond donors (Lipinski definition) is 4. The van der Waals surface area contributed by atoms with Crippen LogP contribution in [0.3, 0.4) is 0 Å². The summed E-state index contributed by atoms with van der Waals surface area (Å²) in [5, 5.41) is 38.7. The van der Waals surface area contributed by atoms with E-state index in [-0.39, 0.29) is 54.2 Å². The van der Waals surface area contributed by atoms with Crippen LogP contribution in [0.2, 0.25) is 0 Å². The highest BCUT2D eigenvalue weighted by atomic mass is 16.6. The molecule has 0 amide bonds. The van der Waals surface area contributed by atoms with E-state index in [1.807, 2.05) is 0 Å². The normalized spacial score (nSPS) is 12.5. The van der Waals surface area contributed by atoms with Crippen molar-refractivity contribution >= 4 is 35.4 Å². The van der Waals surface area contributed by atoms with Crippen molar-refractivity contribution in [2.45, 2.75) is 45.8 Å². The first-order valence-electron chi connectivity index (χ1n) is 16.3. The van der Waals surface area contributed by atoms with Crippen LogP contribution in [0.25, 0.3) is 0 Å². The average molecular weight is 739 g/mol. The lowest BCUT2D eigenvalue weighted by Gasteiger charge is -2.21. The van der Waals surface area contributed by atoms with Gasteiger partial charge in [-0.25, -0.2) is 14.4 Å². The number of carbonyl (C=O) groups is 6. The molecular weight excluding hydrogens is 696 g/mol. The molecule has 0 aliphatic rings. The molecule has 15 heteroatoms. The molecular formula is C38H42O15. The molecule has 3 aromatic rings. The van der Waals surface area contributed by atoms with E-state index in [1.54, 1.807) is 0 Å². The van der Waals surface area contributed by atoms with Crippen LogP contribution in [0.5, 0.6) is 11.5 Å². The summed E-state index contributed by atoms with van der Waals surface area (Å²) < 4.78 is 26.7. The van der Waals surface area contributed by atoms with Crippen molar-refractivity contribution in [1.82, 2.24) is 0 Å². The topological polar surface area (TPSA) is 229 Å². The summed E-state index contributed by atoms with van der Waals surface area (Å²) >= 11 is 0. The smallest absolute Gasteiger partial charge is 0.338 e. The van der Waals surface area contributed by atoms with Crippen molar-refractivity contribution in [2.75, 3.05) is 39.6 Å². The lowest BCUT2D eigenvalue weighted by Crippen LogP contribution is -2.37. The molecule has 0 heterocycles. The fourth-order valence-corrected chi connectivity index (χ4v) is 4.33. The van der Waals surface area contributed by atoms with Crippen molar-refractivity contribution < 1.29 is 72.9 Å². The van der Waals surface area contributed by atoms with Gasteiger partial charge in [0.25, 0.3) is 0 Å². The SMILES string of the molecule is CC(C)(O)C(=O)c1ccc(OCCOC(=O)c2cc(C(=O)OCCOc3ccc(C(=O)C(C)(C)O)cc3)cc(C(=O)OCC(C)(CO)C(=O)O)c2)cc1. The van der Waals surface area contributed by atoms with E-state index in [4.69, 9.17) is 23.7 Å². The second-order valence-electron chi connectivity index (χ2n) is 13.2.